The quantitative estimate of drug-likeness (QED) is 0.516. The van der Waals surface area contributed by atoms with Crippen molar-refractivity contribution >= 4 is 11.9 Å². The molecule has 1 fully saturated rings. The molecule has 1 aliphatic rings. The Labute approximate surface area is 193 Å². The number of imidazole rings is 1. The van der Waals surface area contributed by atoms with Crippen molar-refractivity contribution in [2.24, 2.45) is 0 Å². The molecule has 6 heteroatoms. The molecule has 1 aliphatic carbocycles. The predicted octanol–water partition coefficient (Wildman–Crippen LogP) is 5.55. The molecule has 172 valence electrons. The van der Waals surface area contributed by atoms with Crippen molar-refractivity contribution in [2.45, 2.75) is 64.3 Å². The number of hydrogen-bond donors (Lipinski definition) is 1. The molecule has 0 saturated heterocycles. The van der Waals surface area contributed by atoms with E-state index in [0.29, 0.717) is 30.9 Å². The van der Waals surface area contributed by atoms with Crippen molar-refractivity contribution in [1.29, 1.82) is 0 Å². The zero-order chi connectivity index (χ0) is 23.4. The second-order valence-electron chi connectivity index (χ2n) is 8.82. The minimum Gasteiger partial charge on any atom is -0.478 e. The number of hydrogen-bond acceptors (Lipinski definition) is 3. The van der Waals surface area contributed by atoms with E-state index in [2.05, 4.69) is 0 Å². The number of carboxylic acids is 1. The summed E-state index contributed by atoms with van der Waals surface area (Å²) in [6, 6.07) is 14.6. The minimum atomic E-state index is -0.962. The molecule has 0 atom stereocenters. The van der Waals surface area contributed by atoms with Crippen LogP contribution in [0.2, 0.25) is 0 Å². The van der Waals surface area contributed by atoms with E-state index in [1.165, 1.54) is 11.0 Å². The topological polar surface area (TPSA) is 81.3 Å². The largest absolute Gasteiger partial charge is 0.478 e. The summed E-state index contributed by atoms with van der Waals surface area (Å²) >= 11 is 0. The fourth-order valence-corrected chi connectivity index (χ4v) is 4.79. The molecule has 0 aliphatic heterocycles. The van der Waals surface area contributed by atoms with Crippen molar-refractivity contribution in [3.8, 4) is 11.1 Å². The molecule has 1 N–H and O–H groups in total. The van der Waals surface area contributed by atoms with E-state index < -0.39 is 5.97 Å². The van der Waals surface area contributed by atoms with Gasteiger partial charge in [-0.05, 0) is 42.0 Å². The van der Waals surface area contributed by atoms with E-state index in [1.54, 1.807) is 29.0 Å². The Morgan fingerprint density at radius 1 is 1.00 bits per heavy atom. The third kappa shape index (κ3) is 4.85. The molecule has 3 aromatic rings. The van der Waals surface area contributed by atoms with E-state index in [-0.39, 0.29) is 17.2 Å². The van der Waals surface area contributed by atoms with Crippen molar-refractivity contribution in [1.82, 2.24) is 9.13 Å². The third-order valence-corrected chi connectivity index (χ3v) is 6.53. The van der Waals surface area contributed by atoms with Gasteiger partial charge in [-0.1, -0.05) is 68.7 Å². The Hall–Kier alpha value is -3.41. The molecule has 6 nitrogen and oxygen atoms in total. The maximum atomic E-state index is 13.2. The van der Waals surface area contributed by atoms with Crippen LogP contribution in [0.1, 0.15) is 84.2 Å². The Balaban J connectivity index is 1.66. The first-order valence-electron chi connectivity index (χ1n) is 11.8. The van der Waals surface area contributed by atoms with Crippen LogP contribution in [0.15, 0.2) is 59.5 Å². The van der Waals surface area contributed by atoms with Crippen LogP contribution in [-0.4, -0.2) is 26.1 Å². The number of aromatic carboxylic acids is 1. The maximum Gasteiger partial charge on any atom is 0.336 e. The van der Waals surface area contributed by atoms with Crippen molar-refractivity contribution in [2.75, 3.05) is 0 Å². The molecule has 2 aromatic carbocycles. The summed E-state index contributed by atoms with van der Waals surface area (Å²) in [7, 11) is 0. The molecule has 0 radical (unpaired) electrons. The molecule has 0 unspecified atom stereocenters. The van der Waals surface area contributed by atoms with Gasteiger partial charge in [0.15, 0.2) is 0 Å². The van der Waals surface area contributed by atoms with Gasteiger partial charge in [-0.25, -0.2) is 14.2 Å². The first-order valence-corrected chi connectivity index (χ1v) is 11.8. The average molecular weight is 447 g/mol. The molecule has 1 aromatic heterocycles. The molecule has 0 amide bonds. The Bertz CT molecular complexity index is 1200. The van der Waals surface area contributed by atoms with E-state index in [4.69, 9.17) is 0 Å². The average Bonchev–Trinajstić information content (AvgIpc) is 3.16. The number of nitrogens with zero attached hydrogens (tertiary/aromatic N) is 2. The Kier molecular flexibility index (Phi) is 6.92. The van der Waals surface area contributed by atoms with Crippen LogP contribution >= 0.6 is 0 Å². The fourth-order valence-electron chi connectivity index (χ4n) is 4.79. The van der Waals surface area contributed by atoms with E-state index in [0.717, 1.165) is 42.5 Å². The smallest absolute Gasteiger partial charge is 0.336 e. The van der Waals surface area contributed by atoms with Crippen LogP contribution in [-0.2, 0) is 6.54 Å². The first-order chi connectivity index (χ1) is 16.0. The lowest BCUT2D eigenvalue weighted by Gasteiger charge is -2.22. The van der Waals surface area contributed by atoms with Crippen LogP contribution in [0.5, 0.6) is 0 Å². The molecular formula is C27H30N2O4. The number of carbonyl (C=O) groups excluding carboxylic acids is 1. The Morgan fingerprint density at radius 2 is 1.70 bits per heavy atom. The zero-order valence-electron chi connectivity index (χ0n) is 19.0. The van der Waals surface area contributed by atoms with Crippen LogP contribution in [0, 0.1) is 0 Å². The Morgan fingerprint density at radius 3 is 2.36 bits per heavy atom. The lowest BCUT2D eigenvalue weighted by atomic mass is 9.87. The van der Waals surface area contributed by atoms with Gasteiger partial charge in [0.05, 0.1) is 12.1 Å². The molecular weight excluding hydrogens is 416 g/mol. The highest BCUT2D eigenvalue weighted by Gasteiger charge is 2.24. The van der Waals surface area contributed by atoms with Crippen LogP contribution in [0.3, 0.4) is 0 Å². The normalized spacial score (nSPS) is 14.3. The zero-order valence-corrected chi connectivity index (χ0v) is 19.0. The highest BCUT2D eigenvalue weighted by Crippen LogP contribution is 2.32. The second-order valence-corrected chi connectivity index (χ2v) is 8.82. The van der Waals surface area contributed by atoms with Gasteiger partial charge in [0.1, 0.15) is 0 Å². The fraction of sp³-hybridized carbons (Fsp3) is 0.370. The summed E-state index contributed by atoms with van der Waals surface area (Å²) in [4.78, 5) is 37.3. The molecule has 33 heavy (non-hydrogen) atoms. The van der Waals surface area contributed by atoms with Crippen molar-refractivity contribution in [3.05, 3.63) is 82.0 Å². The van der Waals surface area contributed by atoms with Gasteiger partial charge in [0.2, 0.25) is 5.91 Å². The molecule has 0 spiro atoms. The third-order valence-electron chi connectivity index (χ3n) is 6.53. The lowest BCUT2D eigenvalue weighted by molar-refractivity contribution is 0.0697. The first kappa shape index (κ1) is 22.8. The lowest BCUT2D eigenvalue weighted by Crippen LogP contribution is -2.29. The number of aromatic nitrogens is 2. The summed E-state index contributed by atoms with van der Waals surface area (Å²) < 4.78 is 3.05. The second kappa shape index (κ2) is 10.0. The standard InChI is InChI=1S/C27H30N2O4/c1-2-8-25(30)29-18-24(21-9-4-3-5-10-21)28(27(29)33)17-19-13-15-20(16-14-19)22-11-6-7-12-23(22)26(31)32/h6-7,11-16,18,21H,2-5,8-10,17H2,1H3,(H,31,32). The van der Waals surface area contributed by atoms with Crippen molar-refractivity contribution in [3.63, 3.8) is 0 Å². The van der Waals surface area contributed by atoms with E-state index in [9.17, 15) is 19.5 Å². The van der Waals surface area contributed by atoms with Gasteiger partial charge in [-0.15, -0.1) is 0 Å². The molecule has 0 bridgehead atoms. The van der Waals surface area contributed by atoms with Crippen LogP contribution < -0.4 is 5.69 Å². The highest BCUT2D eigenvalue weighted by atomic mass is 16.4. The SMILES string of the molecule is CCCC(=O)n1cc(C2CCCCC2)n(Cc2ccc(-c3ccccc3C(=O)O)cc2)c1=O. The highest BCUT2D eigenvalue weighted by molar-refractivity contribution is 5.96. The monoisotopic (exact) mass is 446 g/mol. The van der Waals surface area contributed by atoms with E-state index >= 15 is 0 Å². The van der Waals surface area contributed by atoms with Gasteiger partial charge in [-0.3, -0.25) is 9.36 Å². The summed E-state index contributed by atoms with van der Waals surface area (Å²) in [6.07, 6.45) is 8.41. The number of carbonyl (C=O) groups is 2. The van der Waals surface area contributed by atoms with E-state index in [1.807, 2.05) is 37.3 Å². The van der Waals surface area contributed by atoms with Gasteiger partial charge in [-0.2, -0.15) is 0 Å². The molecule has 1 heterocycles. The van der Waals surface area contributed by atoms with Gasteiger partial charge in [0.25, 0.3) is 0 Å². The van der Waals surface area contributed by atoms with Crippen LogP contribution in [0.25, 0.3) is 11.1 Å². The summed E-state index contributed by atoms with van der Waals surface area (Å²) in [5.74, 6) is -0.820. The van der Waals surface area contributed by atoms with Crippen molar-refractivity contribution < 1.29 is 14.7 Å². The predicted molar refractivity (Wildman–Crippen MR) is 128 cm³/mol. The minimum absolute atomic E-state index is 0.154. The van der Waals surface area contributed by atoms with Gasteiger partial charge >= 0.3 is 11.7 Å². The summed E-state index contributed by atoms with van der Waals surface area (Å²) in [5.41, 5.74) is 3.35. The number of rotatable bonds is 7. The number of benzene rings is 2. The van der Waals surface area contributed by atoms with Gasteiger partial charge < -0.3 is 5.11 Å². The van der Waals surface area contributed by atoms with Gasteiger partial charge in [0, 0.05) is 24.2 Å². The van der Waals surface area contributed by atoms with Crippen LogP contribution in [0.4, 0.5) is 0 Å². The number of carboxylic acid groups (broad SMARTS) is 1. The maximum absolute atomic E-state index is 13.2. The summed E-state index contributed by atoms with van der Waals surface area (Å²) in [6.45, 7) is 2.32. The molecule has 4 rings (SSSR count). The molecule has 1 saturated carbocycles. The summed E-state index contributed by atoms with van der Waals surface area (Å²) in [5, 5.41) is 9.48.